The van der Waals surface area contributed by atoms with Gasteiger partial charge in [0.2, 0.25) is 5.78 Å². The number of carbonyl (C=O) groups is 1. The van der Waals surface area contributed by atoms with Crippen molar-refractivity contribution in [3.63, 3.8) is 0 Å². The van der Waals surface area contributed by atoms with E-state index in [2.05, 4.69) is 22.2 Å². The van der Waals surface area contributed by atoms with E-state index in [9.17, 15) is 4.79 Å². The first-order valence-corrected chi connectivity index (χ1v) is 6.66. The number of hydrogen-bond donors (Lipinski definition) is 1. The lowest BCUT2D eigenvalue weighted by Gasteiger charge is -2.06. The highest BCUT2D eigenvalue weighted by molar-refractivity contribution is 6.04. The standard InChI is InChI=1S/C13H20N4O/c1-2-3-4-5-6-7-17-10-16-13-12(17)11(18)8-14-9-15-13/h9-10H,2-8H2,1H3,(H,14,15). The van der Waals surface area contributed by atoms with Gasteiger partial charge in [-0.3, -0.25) is 9.79 Å². The second-order valence-electron chi connectivity index (χ2n) is 4.59. The summed E-state index contributed by atoms with van der Waals surface area (Å²) in [5.74, 6) is 0.673. The number of hydrogen-bond acceptors (Lipinski definition) is 4. The van der Waals surface area contributed by atoms with E-state index in [1.54, 1.807) is 12.7 Å². The van der Waals surface area contributed by atoms with Crippen LogP contribution in [0.4, 0.5) is 5.82 Å². The average Bonchev–Trinajstić information content (AvgIpc) is 2.68. The van der Waals surface area contributed by atoms with E-state index in [0.29, 0.717) is 11.5 Å². The Morgan fingerprint density at radius 3 is 3.00 bits per heavy atom. The van der Waals surface area contributed by atoms with Crippen LogP contribution in [-0.2, 0) is 6.54 Å². The fourth-order valence-electron chi connectivity index (χ4n) is 2.15. The maximum absolute atomic E-state index is 11.9. The molecule has 98 valence electrons. The summed E-state index contributed by atoms with van der Waals surface area (Å²) < 4.78 is 1.95. The first-order valence-electron chi connectivity index (χ1n) is 6.66. The Balaban J connectivity index is 1.94. The molecule has 0 unspecified atom stereocenters. The first kappa shape index (κ1) is 12.8. The molecule has 0 spiro atoms. The summed E-state index contributed by atoms with van der Waals surface area (Å²) in [4.78, 5) is 20.1. The Morgan fingerprint density at radius 2 is 2.17 bits per heavy atom. The summed E-state index contributed by atoms with van der Waals surface area (Å²) in [6.07, 6.45) is 9.39. The fourth-order valence-corrected chi connectivity index (χ4v) is 2.15. The number of nitrogens with zero attached hydrogens (tertiary/aromatic N) is 3. The van der Waals surface area contributed by atoms with Crippen molar-refractivity contribution in [1.29, 1.82) is 0 Å². The molecule has 0 aromatic carbocycles. The zero-order chi connectivity index (χ0) is 12.8. The van der Waals surface area contributed by atoms with Gasteiger partial charge in [0, 0.05) is 6.54 Å². The van der Waals surface area contributed by atoms with Crippen LogP contribution in [-0.4, -0.2) is 28.2 Å². The van der Waals surface area contributed by atoms with Crippen molar-refractivity contribution in [3.8, 4) is 0 Å². The van der Waals surface area contributed by atoms with Crippen LogP contribution in [0.2, 0.25) is 0 Å². The number of nitrogens with one attached hydrogen (secondary N) is 1. The van der Waals surface area contributed by atoms with Gasteiger partial charge in [-0.05, 0) is 6.42 Å². The maximum Gasteiger partial charge on any atom is 0.204 e. The molecule has 5 heteroatoms. The summed E-state index contributed by atoms with van der Waals surface area (Å²) in [6, 6.07) is 0. The quantitative estimate of drug-likeness (QED) is 0.787. The molecule has 0 bridgehead atoms. The van der Waals surface area contributed by atoms with E-state index in [0.717, 1.165) is 13.0 Å². The van der Waals surface area contributed by atoms with Crippen molar-refractivity contribution in [1.82, 2.24) is 9.55 Å². The summed E-state index contributed by atoms with van der Waals surface area (Å²) in [5, 5.41) is 2.94. The van der Waals surface area contributed by atoms with Crippen LogP contribution in [0, 0.1) is 0 Å². The van der Waals surface area contributed by atoms with Crippen LogP contribution < -0.4 is 5.32 Å². The highest BCUT2D eigenvalue weighted by atomic mass is 16.1. The lowest BCUT2D eigenvalue weighted by Crippen LogP contribution is -2.11. The molecule has 0 aliphatic carbocycles. The first-order chi connectivity index (χ1) is 8.83. The third-order valence-corrected chi connectivity index (χ3v) is 3.13. The molecule has 1 N–H and O–H groups in total. The largest absolute Gasteiger partial charge is 0.330 e. The van der Waals surface area contributed by atoms with Gasteiger partial charge in [0.25, 0.3) is 0 Å². The second kappa shape index (κ2) is 6.33. The SMILES string of the molecule is CCCCCCCn1cnc2c1C(=O)CN=CN2. The molecule has 1 aliphatic rings. The molecule has 5 nitrogen and oxygen atoms in total. The number of carbonyl (C=O) groups excluding carboxylic acids is 1. The number of unbranched alkanes of at least 4 members (excludes halogenated alkanes) is 4. The molecule has 1 aromatic heterocycles. The van der Waals surface area contributed by atoms with Crippen molar-refractivity contribution in [2.45, 2.75) is 45.6 Å². The van der Waals surface area contributed by atoms with Crippen LogP contribution in [0.3, 0.4) is 0 Å². The maximum atomic E-state index is 11.9. The normalized spacial score (nSPS) is 14.2. The van der Waals surface area contributed by atoms with Crippen LogP contribution in [0.1, 0.15) is 49.5 Å². The minimum absolute atomic E-state index is 0.0392. The highest BCUT2D eigenvalue weighted by Crippen LogP contribution is 2.17. The van der Waals surface area contributed by atoms with Gasteiger partial charge >= 0.3 is 0 Å². The molecule has 1 aliphatic heterocycles. The van der Waals surface area contributed by atoms with E-state index in [4.69, 9.17) is 0 Å². The lowest BCUT2D eigenvalue weighted by molar-refractivity contribution is 0.0994. The molecule has 0 saturated carbocycles. The van der Waals surface area contributed by atoms with Crippen LogP contribution >= 0.6 is 0 Å². The summed E-state index contributed by atoms with van der Waals surface area (Å²) in [5.41, 5.74) is 0.669. The van der Waals surface area contributed by atoms with Crippen molar-refractivity contribution in [2.24, 2.45) is 4.99 Å². The minimum Gasteiger partial charge on any atom is -0.330 e. The third kappa shape index (κ3) is 2.97. The molecule has 0 atom stereocenters. The smallest absolute Gasteiger partial charge is 0.204 e. The van der Waals surface area contributed by atoms with Crippen molar-refractivity contribution in [3.05, 3.63) is 12.0 Å². The highest BCUT2D eigenvalue weighted by Gasteiger charge is 2.19. The molecule has 18 heavy (non-hydrogen) atoms. The number of rotatable bonds is 6. The zero-order valence-corrected chi connectivity index (χ0v) is 10.9. The number of anilines is 1. The molecule has 0 amide bonds. The Labute approximate surface area is 107 Å². The number of aliphatic imine (C=N–C) groups is 1. The van der Waals surface area contributed by atoms with Gasteiger partial charge in [-0.1, -0.05) is 32.6 Å². The molecule has 1 aromatic rings. The van der Waals surface area contributed by atoms with E-state index in [1.165, 1.54) is 25.7 Å². The Hall–Kier alpha value is -1.65. The second-order valence-corrected chi connectivity index (χ2v) is 4.59. The topological polar surface area (TPSA) is 59.3 Å². The van der Waals surface area contributed by atoms with E-state index in [-0.39, 0.29) is 12.3 Å². The molecular weight excluding hydrogens is 228 g/mol. The monoisotopic (exact) mass is 248 g/mol. The fraction of sp³-hybridized carbons (Fsp3) is 0.615. The van der Waals surface area contributed by atoms with Crippen molar-refractivity contribution in [2.75, 3.05) is 11.9 Å². The molecular formula is C13H20N4O. The van der Waals surface area contributed by atoms with Gasteiger partial charge in [-0.15, -0.1) is 0 Å². The average molecular weight is 248 g/mol. The number of imidazole rings is 1. The Bertz CT molecular complexity index is 436. The molecule has 0 saturated heterocycles. The van der Waals surface area contributed by atoms with Gasteiger partial charge in [-0.25, -0.2) is 4.98 Å². The molecule has 2 heterocycles. The summed E-state index contributed by atoms with van der Waals surface area (Å²) >= 11 is 0. The predicted octanol–water partition coefficient (Wildman–Crippen LogP) is 2.49. The number of fused-ring (bicyclic) bond motifs is 1. The summed E-state index contributed by atoms with van der Waals surface area (Å²) in [7, 11) is 0. The van der Waals surface area contributed by atoms with Gasteiger partial charge < -0.3 is 9.88 Å². The Morgan fingerprint density at radius 1 is 1.33 bits per heavy atom. The van der Waals surface area contributed by atoms with E-state index < -0.39 is 0 Å². The van der Waals surface area contributed by atoms with Crippen LogP contribution in [0.25, 0.3) is 0 Å². The van der Waals surface area contributed by atoms with Gasteiger partial charge in [0.1, 0.15) is 12.2 Å². The minimum atomic E-state index is 0.0392. The van der Waals surface area contributed by atoms with Gasteiger partial charge in [-0.2, -0.15) is 0 Å². The van der Waals surface area contributed by atoms with Gasteiger partial charge in [0.15, 0.2) is 5.82 Å². The summed E-state index contributed by atoms with van der Waals surface area (Å²) in [6.45, 7) is 3.28. The van der Waals surface area contributed by atoms with E-state index >= 15 is 0 Å². The van der Waals surface area contributed by atoms with E-state index in [1.807, 2.05) is 4.57 Å². The molecule has 0 radical (unpaired) electrons. The van der Waals surface area contributed by atoms with Crippen molar-refractivity contribution >= 4 is 17.9 Å². The number of aryl methyl sites for hydroxylation is 1. The predicted molar refractivity (Wildman–Crippen MR) is 72.3 cm³/mol. The zero-order valence-electron chi connectivity index (χ0n) is 10.9. The van der Waals surface area contributed by atoms with Gasteiger partial charge in [0.05, 0.1) is 12.7 Å². The third-order valence-electron chi connectivity index (χ3n) is 3.13. The van der Waals surface area contributed by atoms with Crippen LogP contribution in [0.5, 0.6) is 0 Å². The molecule has 2 rings (SSSR count). The number of aromatic nitrogens is 2. The van der Waals surface area contributed by atoms with Crippen molar-refractivity contribution < 1.29 is 4.79 Å². The number of ketones is 1. The van der Waals surface area contributed by atoms with Crippen LogP contribution in [0.15, 0.2) is 11.3 Å². The Kier molecular flexibility index (Phi) is 4.50. The molecule has 0 fully saturated rings. The number of Topliss-reactive ketones (excluding diaryl/α,β-unsaturated/α-hetero) is 1. The lowest BCUT2D eigenvalue weighted by atomic mass is 10.1.